The first-order valence-corrected chi connectivity index (χ1v) is 7.50. The second-order valence-electron chi connectivity index (χ2n) is 4.75. The van der Waals surface area contributed by atoms with E-state index in [-0.39, 0.29) is 10.9 Å². The smallest absolute Gasteiger partial charge is 0.245 e. The van der Waals surface area contributed by atoms with E-state index in [0.717, 1.165) is 17.5 Å². The lowest BCUT2D eigenvalue weighted by atomic mass is 10.1. The minimum absolute atomic E-state index is 0.0454. The van der Waals surface area contributed by atoms with E-state index in [1.54, 1.807) is 19.2 Å². The molecule has 0 heterocycles. The zero-order valence-electron chi connectivity index (χ0n) is 11.7. The van der Waals surface area contributed by atoms with Crippen LogP contribution in [0.1, 0.15) is 31.4 Å². The Morgan fingerprint density at radius 3 is 2.28 bits per heavy atom. The third-order valence-electron chi connectivity index (χ3n) is 3.49. The Balaban J connectivity index is 3.33. The molecule has 0 aliphatic rings. The highest BCUT2D eigenvalue weighted by molar-refractivity contribution is 7.89. The summed E-state index contributed by atoms with van der Waals surface area (Å²) in [4.78, 5) is 0.202. The predicted molar refractivity (Wildman–Crippen MR) is 75.0 cm³/mol. The summed E-state index contributed by atoms with van der Waals surface area (Å²) >= 11 is 0. The van der Waals surface area contributed by atoms with Crippen LogP contribution in [0.4, 0.5) is 5.69 Å². The lowest BCUT2D eigenvalue weighted by Crippen LogP contribution is -2.35. The minimum atomic E-state index is -3.51. The van der Waals surface area contributed by atoms with Gasteiger partial charge in [-0.2, -0.15) is 4.31 Å². The van der Waals surface area contributed by atoms with Crippen LogP contribution in [0.25, 0.3) is 0 Å². The molecule has 1 aromatic carbocycles. The van der Waals surface area contributed by atoms with E-state index in [0.29, 0.717) is 5.69 Å². The summed E-state index contributed by atoms with van der Waals surface area (Å²) in [6.07, 6.45) is 0.764. The number of sulfonamides is 1. The van der Waals surface area contributed by atoms with Gasteiger partial charge in [-0.1, -0.05) is 6.92 Å². The maximum absolute atomic E-state index is 12.5. The van der Waals surface area contributed by atoms with E-state index in [1.165, 1.54) is 4.31 Å². The van der Waals surface area contributed by atoms with Crippen molar-refractivity contribution in [3.05, 3.63) is 23.3 Å². The standard InChI is InChI=1S/C13H22N2O2S/c1-6-11(4)15(5)18(16,17)13-8-10(3)9(2)7-12(13)14/h7-8,11H,6,14H2,1-5H3. The molecule has 1 unspecified atom stereocenters. The maximum atomic E-state index is 12.5. The average Bonchev–Trinajstić information content (AvgIpc) is 2.31. The summed E-state index contributed by atoms with van der Waals surface area (Å²) in [5.74, 6) is 0. The number of hydrogen-bond acceptors (Lipinski definition) is 3. The van der Waals surface area contributed by atoms with Crippen molar-refractivity contribution >= 4 is 15.7 Å². The van der Waals surface area contributed by atoms with Gasteiger partial charge in [0.05, 0.1) is 5.69 Å². The second kappa shape index (κ2) is 5.28. The Hall–Kier alpha value is -1.07. The number of anilines is 1. The van der Waals surface area contributed by atoms with Gasteiger partial charge in [0.15, 0.2) is 0 Å². The molecule has 5 heteroatoms. The first-order valence-electron chi connectivity index (χ1n) is 6.06. The zero-order chi connectivity index (χ0) is 14.1. The van der Waals surface area contributed by atoms with Crippen LogP contribution in [-0.4, -0.2) is 25.8 Å². The van der Waals surface area contributed by atoms with E-state index in [4.69, 9.17) is 5.73 Å². The molecule has 102 valence electrons. The van der Waals surface area contributed by atoms with Crippen LogP contribution >= 0.6 is 0 Å². The van der Waals surface area contributed by atoms with Gasteiger partial charge in [0.1, 0.15) is 4.90 Å². The number of rotatable bonds is 4. The van der Waals surface area contributed by atoms with Gasteiger partial charge in [0.2, 0.25) is 10.0 Å². The monoisotopic (exact) mass is 270 g/mol. The fraction of sp³-hybridized carbons (Fsp3) is 0.538. The van der Waals surface area contributed by atoms with Crippen molar-refractivity contribution < 1.29 is 8.42 Å². The van der Waals surface area contributed by atoms with E-state index >= 15 is 0 Å². The summed E-state index contributed by atoms with van der Waals surface area (Å²) in [6, 6.07) is 3.32. The van der Waals surface area contributed by atoms with Crippen LogP contribution in [0.5, 0.6) is 0 Å². The van der Waals surface area contributed by atoms with Crippen LogP contribution in [0.15, 0.2) is 17.0 Å². The van der Waals surface area contributed by atoms with E-state index < -0.39 is 10.0 Å². The quantitative estimate of drug-likeness (QED) is 0.854. The fourth-order valence-electron chi connectivity index (χ4n) is 1.68. The summed E-state index contributed by atoms with van der Waals surface area (Å²) in [7, 11) is -1.92. The fourth-order valence-corrected chi connectivity index (χ4v) is 3.30. The largest absolute Gasteiger partial charge is 0.398 e. The molecule has 1 aromatic rings. The minimum Gasteiger partial charge on any atom is -0.398 e. The molecule has 0 amide bonds. The molecule has 0 saturated heterocycles. The first kappa shape index (κ1) is 15.0. The number of nitrogen functional groups attached to an aromatic ring is 1. The van der Waals surface area contributed by atoms with E-state index in [2.05, 4.69) is 0 Å². The third kappa shape index (κ3) is 2.67. The van der Waals surface area contributed by atoms with Gasteiger partial charge in [0.25, 0.3) is 0 Å². The number of nitrogens with two attached hydrogens (primary N) is 1. The number of benzene rings is 1. The highest BCUT2D eigenvalue weighted by Crippen LogP contribution is 2.26. The lowest BCUT2D eigenvalue weighted by Gasteiger charge is -2.24. The molecule has 0 aromatic heterocycles. The molecular weight excluding hydrogens is 248 g/mol. The molecule has 4 nitrogen and oxygen atoms in total. The van der Waals surface area contributed by atoms with Gasteiger partial charge in [-0.05, 0) is 50.5 Å². The van der Waals surface area contributed by atoms with Crippen LogP contribution in [-0.2, 0) is 10.0 Å². The number of nitrogens with zero attached hydrogens (tertiary/aromatic N) is 1. The van der Waals surface area contributed by atoms with Crippen LogP contribution < -0.4 is 5.73 Å². The van der Waals surface area contributed by atoms with Gasteiger partial charge in [-0.25, -0.2) is 8.42 Å². The van der Waals surface area contributed by atoms with E-state index in [9.17, 15) is 8.42 Å². The summed E-state index contributed by atoms with van der Waals surface area (Å²) < 4.78 is 26.3. The Morgan fingerprint density at radius 2 is 1.78 bits per heavy atom. The summed E-state index contributed by atoms with van der Waals surface area (Å²) in [5, 5.41) is 0. The number of hydrogen-bond donors (Lipinski definition) is 1. The molecule has 0 radical (unpaired) electrons. The number of aryl methyl sites for hydroxylation is 2. The highest BCUT2D eigenvalue weighted by atomic mass is 32.2. The van der Waals surface area contributed by atoms with Gasteiger partial charge in [-0.3, -0.25) is 0 Å². The van der Waals surface area contributed by atoms with Crippen molar-refractivity contribution in [1.82, 2.24) is 4.31 Å². The predicted octanol–water partition coefficient (Wildman–Crippen LogP) is 2.30. The van der Waals surface area contributed by atoms with Crippen LogP contribution in [0.2, 0.25) is 0 Å². The van der Waals surface area contributed by atoms with Gasteiger partial charge < -0.3 is 5.73 Å². The summed E-state index contributed by atoms with van der Waals surface area (Å²) in [5.41, 5.74) is 8.09. The highest BCUT2D eigenvalue weighted by Gasteiger charge is 2.26. The van der Waals surface area contributed by atoms with Crippen molar-refractivity contribution in [2.24, 2.45) is 0 Å². The average molecular weight is 270 g/mol. The zero-order valence-corrected chi connectivity index (χ0v) is 12.5. The molecule has 0 aliphatic heterocycles. The molecular formula is C13H22N2O2S. The maximum Gasteiger partial charge on any atom is 0.245 e. The molecule has 18 heavy (non-hydrogen) atoms. The van der Waals surface area contributed by atoms with Crippen molar-refractivity contribution in [1.29, 1.82) is 0 Å². The molecule has 0 saturated carbocycles. The Bertz CT molecular complexity index is 538. The second-order valence-corrected chi connectivity index (χ2v) is 6.72. The molecule has 0 spiro atoms. The molecule has 1 atom stereocenters. The van der Waals surface area contributed by atoms with Gasteiger partial charge in [0, 0.05) is 13.1 Å². The molecule has 2 N–H and O–H groups in total. The van der Waals surface area contributed by atoms with E-state index in [1.807, 2.05) is 27.7 Å². The lowest BCUT2D eigenvalue weighted by molar-refractivity contribution is 0.381. The Labute approximate surface area is 110 Å². The first-order chi connectivity index (χ1) is 8.21. The van der Waals surface area contributed by atoms with Crippen molar-refractivity contribution in [2.45, 2.75) is 45.1 Å². The Kier molecular flexibility index (Phi) is 4.40. The van der Waals surface area contributed by atoms with Crippen LogP contribution in [0.3, 0.4) is 0 Å². The van der Waals surface area contributed by atoms with Gasteiger partial charge in [-0.15, -0.1) is 0 Å². The molecule has 0 fully saturated rings. The third-order valence-corrected chi connectivity index (χ3v) is 5.52. The molecule has 0 aliphatic carbocycles. The molecule has 0 bridgehead atoms. The van der Waals surface area contributed by atoms with Crippen molar-refractivity contribution in [3.8, 4) is 0 Å². The normalized spacial score (nSPS) is 13.9. The summed E-state index contributed by atoms with van der Waals surface area (Å²) in [6.45, 7) is 7.65. The SMILES string of the molecule is CCC(C)N(C)S(=O)(=O)c1cc(C)c(C)cc1N. The topological polar surface area (TPSA) is 63.4 Å². The molecule has 1 rings (SSSR count). The Morgan fingerprint density at radius 1 is 1.28 bits per heavy atom. The van der Waals surface area contributed by atoms with Crippen molar-refractivity contribution in [2.75, 3.05) is 12.8 Å². The van der Waals surface area contributed by atoms with Crippen molar-refractivity contribution in [3.63, 3.8) is 0 Å². The van der Waals surface area contributed by atoms with Gasteiger partial charge >= 0.3 is 0 Å². The van der Waals surface area contributed by atoms with Crippen LogP contribution in [0, 0.1) is 13.8 Å².